The Hall–Kier alpha value is -2.24. The van der Waals surface area contributed by atoms with Gasteiger partial charge < -0.3 is 0 Å². The Kier molecular flexibility index (Phi) is 4.06. The van der Waals surface area contributed by atoms with E-state index in [1.54, 1.807) is 0 Å². The van der Waals surface area contributed by atoms with Crippen LogP contribution in [0.5, 0.6) is 0 Å². The first-order valence-electron chi connectivity index (χ1n) is 5.92. The lowest BCUT2D eigenvalue weighted by molar-refractivity contribution is -0.140. The molecule has 110 valence electrons. The van der Waals surface area contributed by atoms with Gasteiger partial charge in [0, 0.05) is 12.0 Å². The summed E-state index contributed by atoms with van der Waals surface area (Å²) in [4.78, 5) is 11.9. The standard InChI is InChI=1S/C15H9F5O/c16-11-4-1-9(2-5-11)7-14(21)10-3-6-12(13(17)8-10)15(18,19)20/h1-6,8H,7H2. The van der Waals surface area contributed by atoms with Crippen molar-refractivity contribution in [1.29, 1.82) is 0 Å². The summed E-state index contributed by atoms with van der Waals surface area (Å²) >= 11 is 0. The quantitative estimate of drug-likeness (QED) is 0.606. The Bertz CT molecular complexity index is 659. The van der Waals surface area contributed by atoms with Crippen LogP contribution < -0.4 is 0 Å². The van der Waals surface area contributed by atoms with Gasteiger partial charge in [0.2, 0.25) is 0 Å². The minimum atomic E-state index is -4.80. The van der Waals surface area contributed by atoms with Crippen LogP contribution in [0.1, 0.15) is 21.5 Å². The fourth-order valence-electron chi connectivity index (χ4n) is 1.81. The topological polar surface area (TPSA) is 17.1 Å². The molecule has 0 aromatic heterocycles. The molecule has 0 aliphatic heterocycles. The molecule has 0 heterocycles. The van der Waals surface area contributed by atoms with Crippen molar-refractivity contribution in [2.45, 2.75) is 12.6 Å². The largest absolute Gasteiger partial charge is 0.419 e. The summed E-state index contributed by atoms with van der Waals surface area (Å²) in [7, 11) is 0. The van der Waals surface area contributed by atoms with E-state index in [-0.39, 0.29) is 12.0 Å². The maximum Gasteiger partial charge on any atom is 0.419 e. The number of hydrogen-bond donors (Lipinski definition) is 0. The molecule has 0 aliphatic rings. The Morgan fingerprint density at radius 3 is 2.10 bits per heavy atom. The number of benzene rings is 2. The van der Waals surface area contributed by atoms with Gasteiger partial charge in [-0.1, -0.05) is 18.2 Å². The van der Waals surface area contributed by atoms with Crippen molar-refractivity contribution in [3.8, 4) is 0 Å². The highest BCUT2D eigenvalue weighted by Gasteiger charge is 2.34. The van der Waals surface area contributed by atoms with Gasteiger partial charge >= 0.3 is 6.18 Å². The lowest BCUT2D eigenvalue weighted by Crippen LogP contribution is -2.10. The minimum Gasteiger partial charge on any atom is -0.294 e. The molecule has 0 fully saturated rings. The number of ketones is 1. The Labute approximate surface area is 117 Å². The number of rotatable bonds is 3. The highest BCUT2D eigenvalue weighted by molar-refractivity contribution is 5.97. The van der Waals surface area contributed by atoms with E-state index in [0.29, 0.717) is 17.7 Å². The molecule has 0 amide bonds. The molecule has 21 heavy (non-hydrogen) atoms. The first kappa shape index (κ1) is 15.2. The molecule has 2 aromatic rings. The number of carbonyl (C=O) groups is 1. The maximum atomic E-state index is 13.4. The third-order valence-corrected chi connectivity index (χ3v) is 2.87. The van der Waals surface area contributed by atoms with Crippen molar-refractivity contribution in [1.82, 2.24) is 0 Å². The molecular weight excluding hydrogens is 291 g/mol. The SMILES string of the molecule is O=C(Cc1ccc(F)cc1)c1ccc(C(F)(F)F)c(F)c1. The molecule has 0 saturated heterocycles. The fraction of sp³-hybridized carbons (Fsp3) is 0.133. The minimum absolute atomic E-state index is 0.148. The van der Waals surface area contributed by atoms with Crippen molar-refractivity contribution in [3.63, 3.8) is 0 Å². The summed E-state index contributed by atoms with van der Waals surface area (Å²) in [5.41, 5.74) is -1.09. The van der Waals surface area contributed by atoms with Crippen LogP contribution in [-0.4, -0.2) is 5.78 Å². The Morgan fingerprint density at radius 1 is 0.952 bits per heavy atom. The Balaban J connectivity index is 2.20. The molecule has 0 aliphatic carbocycles. The zero-order valence-corrected chi connectivity index (χ0v) is 10.5. The van der Waals surface area contributed by atoms with E-state index in [4.69, 9.17) is 0 Å². The molecular formula is C15H9F5O. The molecule has 6 heteroatoms. The number of alkyl halides is 3. The van der Waals surface area contributed by atoms with Crippen LogP contribution in [0.2, 0.25) is 0 Å². The molecule has 0 unspecified atom stereocenters. The molecule has 2 rings (SSSR count). The zero-order chi connectivity index (χ0) is 15.6. The van der Waals surface area contributed by atoms with E-state index >= 15 is 0 Å². The highest BCUT2D eigenvalue weighted by atomic mass is 19.4. The second kappa shape index (κ2) is 5.63. The molecule has 0 radical (unpaired) electrons. The van der Waals surface area contributed by atoms with Gasteiger partial charge in [0.25, 0.3) is 0 Å². The summed E-state index contributed by atoms with van der Waals surface area (Å²) in [5.74, 6) is -2.51. The van der Waals surface area contributed by atoms with E-state index in [0.717, 1.165) is 18.2 Å². The fourth-order valence-corrected chi connectivity index (χ4v) is 1.81. The van der Waals surface area contributed by atoms with Crippen molar-refractivity contribution in [3.05, 3.63) is 70.8 Å². The molecule has 0 N–H and O–H groups in total. The van der Waals surface area contributed by atoms with Crippen molar-refractivity contribution < 1.29 is 26.7 Å². The summed E-state index contributed by atoms with van der Waals surface area (Å²) < 4.78 is 63.3. The maximum absolute atomic E-state index is 13.4. The van der Waals surface area contributed by atoms with E-state index in [2.05, 4.69) is 0 Å². The van der Waals surface area contributed by atoms with Gasteiger partial charge in [-0.2, -0.15) is 13.2 Å². The predicted octanol–water partition coefficient (Wildman–Crippen LogP) is 4.41. The van der Waals surface area contributed by atoms with E-state index < -0.39 is 29.2 Å². The van der Waals surface area contributed by atoms with Gasteiger partial charge in [0.1, 0.15) is 11.6 Å². The van der Waals surface area contributed by atoms with Crippen LogP contribution in [0.25, 0.3) is 0 Å². The number of hydrogen-bond acceptors (Lipinski definition) is 1. The predicted molar refractivity (Wildman–Crippen MR) is 65.8 cm³/mol. The monoisotopic (exact) mass is 300 g/mol. The third kappa shape index (κ3) is 3.65. The highest BCUT2D eigenvalue weighted by Crippen LogP contribution is 2.31. The molecule has 0 saturated carbocycles. The normalized spacial score (nSPS) is 11.5. The van der Waals surface area contributed by atoms with E-state index in [9.17, 15) is 26.7 Å². The molecule has 0 bridgehead atoms. The van der Waals surface area contributed by atoms with Gasteiger partial charge in [-0.3, -0.25) is 4.79 Å². The lowest BCUT2D eigenvalue weighted by atomic mass is 10.0. The first-order valence-corrected chi connectivity index (χ1v) is 5.92. The van der Waals surface area contributed by atoms with Crippen LogP contribution in [0, 0.1) is 11.6 Å². The molecule has 1 nitrogen and oxygen atoms in total. The average molecular weight is 300 g/mol. The smallest absolute Gasteiger partial charge is 0.294 e. The lowest BCUT2D eigenvalue weighted by Gasteiger charge is -2.09. The second-order valence-corrected chi connectivity index (χ2v) is 4.42. The first-order chi connectivity index (χ1) is 9.77. The summed E-state index contributed by atoms with van der Waals surface area (Å²) in [6.45, 7) is 0. The number of Topliss-reactive ketones (excluding diaryl/α,β-unsaturated/α-hetero) is 1. The van der Waals surface area contributed by atoms with Crippen LogP contribution in [-0.2, 0) is 12.6 Å². The Morgan fingerprint density at radius 2 is 1.57 bits per heavy atom. The summed E-state index contributed by atoms with van der Waals surface area (Å²) in [5, 5.41) is 0. The molecule has 0 atom stereocenters. The molecule has 2 aromatic carbocycles. The van der Waals surface area contributed by atoms with Gasteiger partial charge in [-0.25, -0.2) is 8.78 Å². The summed E-state index contributed by atoms with van der Waals surface area (Å²) in [6.07, 6.45) is -4.95. The average Bonchev–Trinajstić information content (AvgIpc) is 2.39. The van der Waals surface area contributed by atoms with Gasteiger partial charge in [0.05, 0.1) is 5.56 Å². The summed E-state index contributed by atoms with van der Waals surface area (Å²) in [6, 6.07) is 7.12. The van der Waals surface area contributed by atoms with Crippen molar-refractivity contribution in [2.24, 2.45) is 0 Å². The molecule has 0 spiro atoms. The number of carbonyl (C=O) groups excluding carboxylic acids is 1. The zero-order valence-electron chi connectivity index (χ0n) is 10.5. The van der Waals surface area contributed by atoms with Gasteiger partial charge in [0.15, 0.2) is 5.78 Å². The van der Waals surface area contributed by atoms with Gasteiger partial charge in [-0.15, -0.1) is 0 Å². The third-order valence-electron chi connectivity index (χ3n) is 2.87. The van der Waals surface area contributed by atoms with Crippen LogP contribution in [0.4, 0.5) is 22.0 Å². The second-order valence-electron chi connectivity index (χ2n) is 4.42. The van der Waals surface area contributed by atoms with Crippen LogP contribution >= 0.6 is 0 Å². The number of halogens is 5. The van der Waals surface area contributed by atoms with Crippen molar-refractivity contribution in [2.75, 3.05) is 0 Å². The van der Waals surface area contributed by atoms with Crippen molar-refractivity contribution >= 4 is 5.78 Å². The van der Waals surface area contributed by atoms with Gasteiger partial charge in [-0.05, 0) is 29.8 Å². The van der Waals surface area contributed by atoms with E-state index in [1.165, 1.54) is 12.1 Å². The van der Waals surface area contributed by atoms with Crippen LogP contribution in [0.15, 0.2) is 42.5 Å². The van der Waals surface area contributed by atoms with Crippen LogP contribution in [0.3, 0.4) is 0 Å². The van der Waals surface area contributed by atoms with E-state index in [1.807, 2.05) is 0 Å².